The van der Waals surface area contributed by atoms with Crippen molar-refractivity contribution in [3.8, 4) is 0 Å². The predicted molar refractivity (Wildman–Crippen MR) is 88.3 cm³/mol. The summed E-state index contributed by atoms with van der Waals surface area (Å²) in [5, 5.41) is 14.6. The first-order chi connectivity index (χ1) is 12.3. The Morgan fingerprint density at radius 2 is 2.00 bits per heavy atom. The van der Waals surface area contributed by atoms with Crippen LogP contribution < -0.4 is 5.73 Å². The van der Waals surface area contributed by atoms with Gasteiger partial charge in [0.25, 0.3) is 0 Å². The molecule has 1 fully saturated rings. The van der Waals surface area contributed by atoms with E-state index in [4.69, 9.17) is 5.73 Å². The van der Waals surface area contributed by atoms with Crippen molar-refractivity contribution in [3.05, 3.63) is 47.4 Å². The molecule has 6 nitrogen and oxygen atoms in total. The Bertz CT molecular complexity index is 963. The number of rotatable bonds is 3. The number of aliphatic hydroxyl groups is 1. The molecular formula is C17H16F3N5O. The molecule has 0 bridgehead atoms. The monoisotopic (exact) mass is 363 g/mol. The maximum absolute atomic E-state index is 12.9. The van der Waals surface area contributed by atoms with E-state index in [1.807, 2.05) is 0 Å². The molecule has 9 heteroatoms. The van der Waals surface area contributed by atoms with E-state index in [1.54, 1.807) is 10.7 Å². The molecule has 136 valence electrons. The second-order valence-electron chi connectivity index (χ2n) is 6.50. The molecule has 0 atom stereocenters. The molecule has 0 aliphatic heterocycles. The maximum Gasteiger partial charge on any atom is 0.416 e. The van der Waals surface area contributed by atoms with Gasteiger partial charge in [0.1, 0.15) is 12.1 Å². The van der Waals surface area contributed by atoms with Gasteiger partial charge in [-0.25, -0.2) is 14.6 Å². The molecule has 3 N–H and O–H groups in total. The van der Waals surface area contributed by atoms with Gasteiger partial charge < -0.3 is 10.8 Å². The van der Waals surface area contributed by atoms with Gasteiger partial charge in [0, 0.05) is 6.42 Å². The van der Waals surface area contributed by atoms with Crippen molar-refractivity contribution in [3.63, 3.8) is 0 Å². The van der Waals surface area contributed by atoms with E-state index in [0.29, 0.717) is 35.1 Å². The summed E-state index contributed by atoms with van der Waals surface area (Å²) >= 11 is 0. The van der Waals surface area contributed by atoms with Gasteiger partial charge in [0.2, 0.25) is 0 Å². The van der Waals surface area contributed by atoms with E-state index in [-0.39, 0.29) is 24.4 Å². The first kappa shape index (κ1) is 16.8. The van der Waals surface area contributed by atoms with Crippen LogP contribution in [0.4, 0.5) is 19.0 Å². The van der Waals surface area contributed by atoms with Crippen molar-refractivity contribution < 1.29 is 18.3 Å². The van der Waals surface area contributed by atoms with Crippen LogP contribution >= 0.6 is 0 Å². The topological polar surface area (TPSA) is 89.9 Å². The van der Waals surface area contributed by atoms with Crippen LogP contribution in [0.25, 0.3) is 11.0 Å². The van der Waals surface area contributed by atoms with Gasteiger partial charge >= 0.3 is 6.18 Å². The van der Waals surface area contributed by atoms with Crippen molar-refractivity contribution in [1.82, 2.24) is 19.7 Å². The fourth-order valence-electron chi connectivity index (χ4n) is 3.26. The molecule has 2 heterocycles. The Kier molecular flexibility index (Phi) is 3.83. The lowest BCUT2D eigenvalue weighted by molar-refractivity contribution is -0.137. The summed E-state index contributed by atoms with van der Waals surface area (Å²) < 4.78 is 40.5. The number of hydrogen-bond donors (Lipinski definition) is 2. The van der Waals surface area contributed by atoms with Crippen LogP contribution in [-0.4, -0.2) is 31.0 Å². The molecule has 0 radical (unpaired) electrons. The Morgan fingerprint density at radius 3 is 2.69 bits per heavy atom. The number of hydrogen-bond acceptors (Lipinski definition) is 5. The number of aromatic nitrogens is 4. The number of nitrogen functional groups attached to an aromatic ring is 1. The Labute approximate surface area is 146 Å². The van der Waals surface area contributed by atoms with Gasteiger partial charge in [0.15, 0.2) is 5.65 Å². The molecule has 0 amide bonds. The van der Waals surface area contributed by atoms with Crippen LogP contribution in [0, 0.1) is 0 Å². The standard InChI is InChI=1S/C17H16F3N5O/c18-17(19,20)10-3-1-2-9(4-10)5-13-14-15(21)22-8-23-16(14)25(24-13)11-6-12(26)7-11/h1-4,8,11-12,26H,5-7H2,(H2,21,22,23). The fourth-order valence-corrected chi connectivity index (χ4v) is 3.26. The van der Waals surface area contributed by atoms with Gasteiger partial charge in [-0.3, -0.25) is 0 Å². The van der Waals surface area contributed by atoms with Gasteiger partial charge in [-0.15, -0.1) is 0 Å². The summed E-state index contributed by atoms with van der Waals surface area (Å²) in [6, 6.07) is 5.13. The average Bonchev–Trinajstić information content (AvgIpc) is 2.91. The third-order valence-electron chi connectivity index (χ3n) is 4.65. The highest BCUT2D eigenvalue weighted by Crippen LogP contribution is 2.36. The quantitative estimate of drug-likeness (QED) is 0.747. The SMILES string of the molecule is Nc1ncnc2c1c(Cc1cccc(C(F)(F)F)c1)nn2C1CC(O)C1. The smallest absolute Gasteiger partial charge is 0.393 e. The Morgan fingerprint density at radius 1 is 1.23 bits per heavy atom. The second-order valence-corrected chi connectivity index (χ2v) is 6.50. The van der Waals surface area contributed by atoms with Gasteiger partial charge in [-0.2, -0.15) is 18.3 Å². The number of alkyl halides is 3. The summed E-state index contributed by atoms with van der Waals surface area (Å²) in [5.74, 6) is 0.239. The maximum atomic E-state index is 12.9. The van der Waals surface area contributed by atoms with Crippen LogP contribution in [0.5, 0.6) is 0 Å². The average molecular weight is 363 g/mol. The lowest BCUT2D eigenvalue weighted by Gasteiger charge is -2.31. The highest BCUT2D eigenvalue weighted by Gasteiger charge is 2.33. The van der Waals surface area contributed by atoms with Gasteiger partial charge in [-0.1, -0.05) is 18.2 Å². The number of halogens is 3. The Balaban J connectivity index is 1.75. The zero-order valence-electron chi connectivity index (χ0n) is 13.6. The molecule has 26 heavy (non-hydrogen) atoms. The number of fused-ring (bicyclic) bond motifs is 1. The van der Waals surface area contributed by atoms with Crippen LogP contribution in [0.15, 0.2) is 30.6 Å². The van der Waals surface area contributed by atoms with Gasteiger partial charge in [-0.05, 0) is 24.5 Å². The van der Waals surface area contributed by atoms with Crippen LogP contribution in [-0.2, 0) is 12.6 Å². The number of nitrogens with zero attached hydrogens (tertiary/aromatic N) is 4. The van der Waals surface area contributed by atoms with E-state index in [1.165, 1.54) is 12.4 Å². The third kappa shape index (κ3) is 2.88. The first-order valence-electron chi connectivity index (χ1n) is 8.14. The van der Waals surface area contributed by atoms with Crippen LogP contribution in [0.3, 0.4) is 0 Å². The van der Waals surface area contributed by atoms with E-state index in [9.17, 15) is 18.3 Å². The molecule has 1 saturated carbocycles. The van der Waals surface area contributed by atoms with Crippen molar-refractivity contribution in [2.24, 2.45) is 0 Å². The molecule has 0 spiro atoms. The lowest BCUT2D eigenvalue weighted by Crippen LogP contribution is -2.31. The predicted octanol–water partition coefficient (Wildman–Crippen LogP) is 2.71. The van der Waals surface area contributed by atoms with Crippen LogP contribution in [0.1, 0.15) is 35.7 Å². The number of nitrogens with two attached hydrogens (primary N) is 1. The van der Waals surface area contributed by atoms with Crippen LogP contribution in [0.2, 0.25) is 0 Å². The van der Waals surface area contributed by atoms with Crippen molar-refractivity contribution in [2.75, 3.05) is 5.73 Å². The molecule has 1 aliphatic rings. The van der Waals surface area contributed by atoms with E-state index >= 15 is 0 Å². The third-order valence-corrected chi connectivity index (χ3v) is 4.65. The zero-order valence-corrected chi connectivity index (χ0v) is 13.6. The minimum Gasteiger partial charge on any atom is -0.393 e. The number of aliphatic hydroxyl groups excluding tert-OH is 1. The molecule has 2 aromatic heterocycles. The Hall–Kier alpha value is -2.68. The first-order valence-corrected chi connectivity index (χ1v) is 8.14. The van der Waals surface area contributed by atoms with E-state index in [0.717, 1.165) is 12.1 Å². The summed E-state index contributed by atoms with van der Waals surface area (Å²) in [6.07, 6.45) is -2.14. The van der Waals surface area contributed by atoms with E-state index < -0.39 is 11.7 Å². The molecule has 0 saturated heterocycles. The van der Waals surface area contributed by atoms with E-state index in [2.05, 4.69) is 15.1 Å². The highest BCUT2D eigenvalue weighted by molar-refractivity contribution is 5.88. The van der Waals surface area contributed by atoms with Crippen molar-refractivity contribution >= 4 is 16.9 Å². The molecule has 3 aromatic rings. The molecule has 4 rings (SSSR count). The second kappa shape index (κ2) is 5.94. The summed E-state index contributed by atoms with van der Waals surface area (Å²) in [7, 11) is 0. The van der Waals surface area contributed by atoms with Crippen molar-refractivity contribution in [1.29, 1.82) is 0 Å². The fraction of sp³-hybridized carbons (Fsp3) is 0.353. The minimum absolute atomic E-state index is 0.00272. The highest BCUT2D eigenvalue weighted by atomic mass is 19.4. The summed E-state index contributed by atoms with van der Waals surface area (Å²) in [5.41, 5.74) is 6.81. The summed E-state index contributed by atoms with van der Waals surface area (Å²) in [6.45, 7) is 0. The normalized spacial score (nSPS) is 20.3. The lowest BCUT2D eigenvalue weighted by atomic mass is 9.90. The number of benzene rings is 1. The summed E-state index contributed by atoms with van der Waals surface area (Å²) in [4.78, 5) is 8.22. The largest absolute Gasteiger partial charge is 0.416 e. The van der Waals surface area contributed by atoms with Crippen molar-refractivity contribution in [2.45, 2.75) is 37.6 Å². The molecule has 1 aromatic carbocycles. The van der Waals surface area contributed by atoms with Gasteiger partial charge in [0.05, 0.1) is 28.8 Å². The molecular weight excluding hydrogens is 347 g/mol. The zero-order chi connectivity index (χ0) is 18.5. The molecule has 0 unspecified atom stereocenters. The number of anilines is 1. The minimum atomic E-state index is -4.40. The molecule has 1 aliphatic carbocycles.